The summed E-state index contributed by atoms with van der Waals surface area (Å²) in [5, 5.41) is 3.14. The van der Waals surface area contributed by atoms with Gasteiger partial charge in [0.25, 0.3) is 0 Å². The maximum absolute atomic E-state index is 13.4. The van der Waals surface area contributed by atoms with Crippen LogP contribution in [0, 0.1) is 0 Å². The number of carbonyl (C=O) groups excluding carboxylic acids is 1. The molecule has 1 aliphatic heterocycles. The second kappa shape index (κ2) is 17.3. The summed E-state index contributed by atoms with van der Waals surface area (Å²) < 4.78 is 31.1. The van der Waals surface area contributed by atoms with Crippen LogP contribution in [-0.4, -0.2) is 70.3 Å². The molecule has 1 saturated heterocycles. The number of benzene rings is 3. The van der Waals surface area contributed by atoms with Gasteiger partial charge in [-0.3, -0.25) is 9.62 Å². The van der Waals surface area contributed by atoms with E-state index in [9.17, 15) is 13.2 Å². The van der Waals surface area contributed by atoms with Crippen LogP contribution in [0.5, 0.6) is 11.5 Å². The van der Waals surface area contributed by atoms with Gasteiger partial charge in [-0.15, -0.1) is 24.8 Å². The van der Waals surface area contributed by atoms with E-state index in [1.165, 1.54) is 5.56 Å². The highest BCUT2D eigenvalue weighted by molar-refractivity contribution is 7.92. The zero-order valence-electron chi connectivity index (χ0n) is 25.9. The predicted molar refractivity (Wildman–Crippen MR) is 186 cm³/mol. The number of unbranched alkanes of at least 4 members (excludes halogenated alkanes) is 1. The molecule has 12 heteroatoms. The van der Waals surface area contributed by atoms with E-state index in [0.29, 0.717) is 11.4 Å². The van der Waals surface area contributed by atoms with Crippen LogP contribution in [0.4, 0.5) is 21.9 Å². The number of piperidine rings is 1. The number of hydrogen-bond acceptors (Lipinski definition) is 6. The van der Waals surface area contributed by atoms with Crippen LogP contribution in [0.15, 0.2) is 72.8 Å². The summed E-state index contributed by atoms with van der Waals surface area (Å²) in [6.45, 7) is 5.63. The number of sulfonamides is 1. The minimum Gasteiger partial charge on any atom is -0.457 e. The first kappa shape index (κ1) is 37.0. The van der Waals surface area contributed by atoms with E-state index in [0.717, 1.165) is 75.2 Å². The van der Waals surface area contributed by atoms with Gasteiger partial charge in [0.2, 0.25) is 10.0 Å². The Morgan fingerprint density at radius 3 is 2.11 bits per heavy atom. The molecule has 4 rings (SSSR count). The number of rotatable bonds is 12. The average molecular weight is 667 g/mol. The third kappa shape index (κ3) is 11.4. The number of nitrogens with zero attached hydrogens (tertiary/aromatic N) is 3. The highest BCUT2D eigenvalue weighted by Gasteiger charge is 2.28. The second-order valence-electron chi connectivity index (χ2n) is 11.1. The molecular formula is C32H45Cl2N5O4S. The average Bonchev–Trinajstić information content (AvgIpc) is 2.95. The zero-order valence-corrected chi connectivity index (χ0v) is 28.3. The number of nitrogens with one attached hydrogen (secondary N) is 2. The van der Waals surface area contributed by atoms with E-state index >= 15 is 0 Å². The Morgan fingerprint density at radius 1 is 0.932 bits per heavy atom. The van der Waals surface area contributed by atoms with E-state index in [1.54, 1.807) is 24.3 Å². The molecule has 44 heavy (non-hydrogen) atoms. The standard InChI is InChI=1S/C32H43N5O4S.2ClH/c1-5-6-20-37(32(38)33-27-8-7-9-29(23-27)35(2)3)28-18-21-36(22-19-28)24-25-10-14-30(15-11-25)41-31-16-12-26(13-17-31)34-42(4,39)40;;/h7-17,23,28,34H,5-6,18-22,24H2,1-4H3,(H,33,38);2*1H. The van der Waals surface area contributed by atoms with E-state index < -0.39 is 10.0 Å². The molecule has 3 aromatic rings. The molecule has 242 valence electrons. The van der Waals surface area contributed by atoms with Crippen molar-refractivity contribution in [3.05, 3.63) is 78.4 Å². The van der Waals surface area contributed by atoms with Crippen molar-refractivity contribution < 1.29 is 17.9 Å². The molecule has 0 aromatic heterocycles. The number of halogens is 2. The predicted octanol–water partition coefficient (Wildman–Crippen LogP) is 7.06. The minimum absolute atomic E-state index is 0. The molecule has 1 aliphatic rings. The zero-order chi connectivity index (χ0) is 30.1. The summed E-state index contributed by atoms with van der Waals surface area (Å²) in [5.74, 6) is 1.35. The molecule has 2 N–H and O–H groups in total. The fraction of sp³-hybridized carbons (Fsp3) is 0.406. The Bertz CT molecular complexity index is 1420. The summed E-state index contributed by atoms with van der Waals surface area (Å²) in [7, 11) is 0.676. The lowest BCUT2D eigenvalue weighted by Gasteiger charge is -2.38. The van der Waals surface area contributed by atoms with Gasteiger partial charge >= 0.3 is 6.03 Å². The molecule has 0 spiro atoms. The third-order valence-electron chi connectivity index (χ3n) is 7.35. The van der Waals surface area contributed by atoms with E-state index in [2.05, 4.69) is 34.0 Å². The van der Waals surface area contributed by atoms with Crippen molar-refractivity contribution in [1.82, 2.24) is 9.80 Å². The fourth-order valence-corrected chi connectivity index (χ4v) is 5.65. The lowest BCUT2D eigenvalue weighted by molar-refractivity contribution is 0.122. The van der Waals surface area contributed by atoms with E-state index in [4.69, 9.17) is 4.74 Å². The number of hydrogen-bond donors (Lipinski definition) is 2. The van der Waals surface area contributed by atoms with Crippen molar-refractivity contribution in [2.24, 2.45) is 0 Å². The lowest BCUT2D eigenvalue weighted by atomic mass is 10.0. The Kier molecular flexibility index (Phi) is 14.6. The van der Waals surface area contributed by atoms with Gasteiger partial charge in [-0.25, -0.2) is 13.2 Å². The molecule has 0 radical (unpaired) electrons. The maximum Gasteiger partial charge on any atom is 0.322 e. The van der Waals surface area contributed by atoms with Crippen molar-refractivity contribution in [3.8, 4) is 11.5 Å². The van der Waals surface area contributed by atoms with Gasteiger partial charge in [0, 0.05) is 63.4 Å². The van der Waals surface area contributed by atoms with Gasteiger partial charge in [-0.05, 0) is 79.4 Å². The minimum atomic E-state index is -3.31. The first-order chi connectivity index (χ1) is 20.1. The van der Waals surface area contributed by atoms with Crippen molar-refractivity contribution in [2.45, 2.75) is 45.2 Å². The van der Waals surface area contributed by atoms with Crippen LogP contribution in [-0.2, 0) is 16.6 Å². The summed E-state index contributed by atoms with van der Waals surface area (Å²) >= 11 is 0. The molecular weight excluding hydrogens is 621 g/mol. The topological polar surface area (TPSA) is 94.2 Å². The van der Waals surface area contributed by atoms with Gasteiger partial charge in [-0.2, -0.15) is 0 Å². The van der Waals surface area contributed by atoms with Crippen LogP contribution in [0.3, 0.4) is 0 Å². The van der Waals surface area contributed by atoms with Gasteiger partial charge in [0.05, 0.1) is 6.26 Å². The molecule has 0 bridgehead atoms. The Hall–Kier alpha value is -3.18. The Labute approximate surface area is 274 Å². The molecule has 1 fully saturated rings. The van der Waals surface area contributed by atoms with E-state index in [-0.39, 0.29) is 36.9 Å². The Balaban J connectivity index is 0.00000337. The highest BCUT2D eigenvalue weighted by atomic mass is 35.5. The molecule has 2 amide bonds. The Morgan fingerprint density at radius 2 is 1.55 bits per heavy atom. The summed E-state index contributed by atoms with van der Waals surface area (Å²) in [4.78, 5) is 19.9. The number of anilines is 3. The summed E-state index contributed by atoms with van der Waals surface area (Å²) in [5.41, 5.74) is 3.57. The van der Waals surface area contributed by atoms with Gasteiger partial charge in [-0.1, -0.05) is 31.5 Å². The number of urea groups is 1. The van der Waals surface area contributed by atoms with Crippen LogP contribution in [0.2, 0.25) is 0 Å². The SMILES string of the molecule is CCCCN(C(=O)Nc1cccc(N(C)C)c1)C1CCN(Cc2ccc(Oc3ccc(NS(C)(=O)=O)cc3)cc2)CC1.Cl.Cl. The first-order valence-corrected chi connectivity index (χ1v) is 16.4. The van der Waals surface area contributed by atoms with Crippen LogP contribution in [0.25, 0.3) is 0 Å². The molecule has 0 saturated carbocycles. The number of ether oxygens (including phenoxy) is 1. The molecule has 0 unspecified atom stereocenters. The molecule has 9 nitrogen and oxygen atoms in total. The number of likely N-dealkylation sites (tertiary alicyclic amines) is 1. The van der Waals surface area contributed by atoms with Crippen molar-refractivity contribution in [1.29, 1.82) is 0 Å². The lowest BCUT2D eigenvalue weighted by Crippen LogP contribution is -2.49. The second-order valence-corrected chi connectivity index (χ2v) is 12.8. The first-order valence-electron chi connectivity index (χ1n) is 14.5. The van der Waals surface area contributed by atoms with Gasteiger partial charge in [0.1, 0.15) is 11.5 Å². The summed E-state index contributed by atoms with van der Waals surface area (Å²) in [6, 6.07) is 23.0. The monoisotopic (exact) mass is 665 g/mol. The number of carbonyl (C=O) groups is 1. The van der Waals surface area contributed by atoms with Crippen LogP contribution < -0.4 is 19.7 Å². The largest absolute Gasteiger partial charge is 0.457 e. The molecule has 3 aromatic carbocycles. The molecule has 0 atom stereocenters. The summed E-state index contributed by atoms with van der Waals surface area (Å²) in [6.07, 6.45) is 5.04. The quantitative estimate of drug-likeness (QED) is 0.215. The molecule has 1 heterocycles. The van der Waals surface area contributed by atoms with Gasteiger partial charge < -0.3 is 19.9 Å². The third-order valence-corrected chi connectivity index (χ3v) is 7.95. The van der Waals surface area contributed by atoms with Crippen molar-refractivity contribution in [2.75, 3.05) is 54.9 Å². The number of amides is 2. The van der Waals surface area contributed by atoms with Crippen molar-refractivity contribution >= 4 is 57.9 Å². The van der Waals surface area contributed by atoms with E-state index in [1.807, 2.05) is 60.3 Å². The maximum atomic E-state index is 13.4. The highest BCUT2D eigenvalue weighted by Crippen LogP contribution is 2.26. The van der Waals surface area contributed by atoms with Crippen LogP contribution in [0.1, 0.15) is 38.2 Å². The van der Waals surface area contributed by atoms with Gasteiger partial charge in [0.15, 0.2) is 0 Å². The van der Waals surface area contributed by atoms with Crippen molar-refractivity contribution in [3.63, 3.8) is 0 Å². The fourth-order valence-electron chi connectivity index (χ4n) is 5.09. The van der Waals surface area contributed by atoms with Crippen LogP contribution >= 0.6 is 24.8 Å². The molecule has 0 aliphatic carbocycles. The smallest absolute Gasteiger partial charge is 0.322 e. The normalized spacial score (nSPS) is 13.6.